The molecule has 7 heteroatoms. The van der Waals surface area contributed by atoms with Crippen LogP contribution >= 0.6 is 11.3 Å². The number of carbonyl (C=O) groups excluding carboxylic acids is 2. The van der Waals surface area contributed by atoms with Crippen LogP contribution in [-0.4, -0.2) is 33.2 Å². The Morgan fingerprint density at radius 3 is 2.69 bits per heavy atom. The minimum Gasteiger partial charge on any atom is -0.351 e. The Labute approximate surface area is 192 Å². The van der Waals surface area contributed by atoms with Gasteiger partial charge in [-0.3, -0.25) is 19.2 Å². The van der Waals surface area contributed by atoms with Crippen LogP contribution in [0.4, 0.5) is 5.69 Å². The van der Waals surface area contributed by atoms with Crippen molar-refractivity contribution in [3.63, 3.8) is 0 Å². The van der Waals surface area contributed by atoms with E-state index in [0.717, 1.165) is 53.1 Å². The fourth-order valence-electron chi connectivity index (χ4n) is 4.89. The number of anilines is 1. The second-order valence-corrected chi connectivity index (χ2v) is 10.1. The van der Waals surface area contributed by atoms with Gasteiger partial charge in [0.2, 0.25) is 5.91 Å². The Morgan fingerprint density at radius 2 is 1.97 bits per heavy atom. The van der Waals surface area contributed by atoms with Crippen LogP contribution in [-0.2, 0) is 11.3 Å². The first-order valence-corrected chi connectivity index (χ1v) is 12.1. The molecule has 6 nitrogen and oxygen atoms in total. The van der Waals surface area contributed by atoms with Crippen molar-refractivity contribution in [2.24, 2.45) is 0 Å². The van der Waals surface area contributed by atoms with E-state index >= 15 is 0 Å². The molecule has 1 fully saturated rings. The molecular formula is C25H28N4O2S. The molecule has 166 valence electrons. The van der Waals surface area contributed by atoms with Gasteiger partial charge in [0, 0.05) is 11.7 Å². The van der Waals surface area contributed by atoms with Crippen LogP contribution in [0.25, 0.3) is 10.6 Å². The summed E-state index contributed by atoms with van der Waals surface area (Å²) in [5, 5.41) is 9.95. The van der Waals surface area contributed by atoms with Crippen molar-refractivity contribution in [3.8, 4) is 10.6 Å². The highest BCUT2D eigenvalue weighted by Gasteiger charge is 2.49. The number of nitrogens with one attached hydrogen (secondary N) is 1. The molecule has 2 amide bonds. The fourth-order valence-corrected chi connectivity index (χ4v) is 5.57. The summed E-state index contributed by atoms with van der Waals surface area (Å²) in [5.74, 6) is -0.304. The summed E-state index contributed by atoms with van der Waals surface area (Å²) < 4.78 is 1.72. The zero-order valence-electron chi connectivity index (χ0n) is 18.7. The summed E-state index contributed by atoms with van der Waals surface area (Å²) in [5.41, 5.74) is 3.08. The van der Waals surface area contributed by atoms with Crippen molar-refractivity contribution in [2.75, 3.05) is 4.90 Å². The highest BCUT2D eigenvalue weighted by Crippen LogP contribution is 2.37. The monoisotopic (exact) mass is 448 g/mol. The molecule has 1 saturated carbocycles. The first-order valence-electron chi connectivity index (χ1n) is 11.2. The topological polar surface area (TPSA) is 67.2 Å². The molecule has 3 aromatic rings. The average molecular weight is 449 g/mol. The molecule has 1 N–H and O–H groups in total. The lowest BCUT2D eigenvalue weighted by atomic mass is 9.92. The Kier molecular flexibility index (Phi) is 5.16. The van der Waals surface area contributed by atoms with E-state index in [0.29, 0.717) is 12.2 Å². The molecule has 3 heterocycles. The summed E-state index contributed by atoms with van der Waals surface area (Å²) in [4.78, 5) is 30.3. The van der Waals surface area contributed by atoms with Crippen molar-refractivity contribution in [1.29, 1.82) is 0 Å². The summed E-state index contributed by atoms with van der Waals surface area (Å²) in [7, 11) is 0. The van der Waals surface area contributed by atoms with Gasteiger partial charge in [-0.1, -0.05) is 31.0 Å². The lowest BCUT2D eigenvalue weighted by molar-refractivity contribution is -0.127. The van der Waals surface area contributed by atoms with Crippen LogP contribution < -0.4 is 10.2 Å². The predicted octanol–water partition coefficient (Wildman–Crippen LogP) is 4.71. The predicted molar refractivity (Wildman–Crippen MR) is 127 cm³/mol. The maximum absolute atomic E-state index is 13.9. The standard InChI is InChI=1S/C25H28N4O2S/c1-16-8-6-11-20(17(16)2)29-23(30)21-14-19(22-12-7-13-32-22)27-28(21)15-25(29,3)24(31)26-18-9-4-5-10-18/h6-8,11-14,18H,4-5,9-10,15H2,1-3H3,(H,26,31). The van der Waals surface area contributed by atoms with Crippen molar-refractivity contribution in [1.82, 2.24) is 15.1 Å². The van der Waals surface area contributed by atoms with E-state index in [2.05, 4.69) is 5.32 Å². The van der Waals surface area contributed by atoms with Gasteiger partial charge in [-0.2, -0.15) is 5.10 Å². The normalized spacial score (nSPS) is 21.1. The molecule has 1 aliphatic heterocycles. The summed E-state index contributed by atoms with van der Waals surface area (Å²) >= 11 is 1.59. The van der Waals surface area contributed by atoms with Gasteiger partial charge in [-0.05, 0) is 68.3 Å². The van der Waals surface area contributed by atoms with E-state index < -0.39 is 5.54 Å². The van der Waals surface area contributed by atoms with Gasteiger partial charge in [0.05, 0.1) is 11.4 Å². The molecule has 1 aliphatic carbocycles. The van der Waals surface area contributed by atoms with Gasteiger partial charge in [-0.25, -0.2) is 0 Å². The molecule has 1 aromatic carbocycles. The molecule has 0 saturated heterocycles. The molecular weight excluding hydrogens is 420 g/mol. The van der Waals surface area contributed by atoms with E-state index in [1.54, 1.807) is 20.9 Å². The SMILES string of the molecule is Cc1cccc(N2C(=O)c3cc(-c4cccs4)nn3CC2(C)C(=O)NC2CCCC2)c1C. The van der Waals surface area contributed by atoms with Crippen molar-refractivity contribution >= 4 is 28.8 Å². The van der Waals surface area contributed by atoms with Crippen molar-refractivity contribution < 1.29 is 9.59 Å². The number of aromatic nitrogens is 2. The second kappa shape index (κ2) is 7.89. The van der Waals surface area contributed by atoms with Crippen molar-refractivity contribution in [3.05, 3.63) is 58.6 Å². The summed E-state index contributed by atoms with van der Waals surface area (Å²) in [6, 6.07) is 11.9. The average Bonchev–Trinajstić information content (AvgIpc) is 3.52. The Balaban J connectivity index is 1.61. The minimum atomic E-state index is -1.08. The Bertz CT molecular complexity index is 1180. The third kappa shape index (κ3) is 3.35. The van der Waals surface area contributed by atoms with E-state index in [1.165, 1.54) is 0 Å². The number of nitrogens with zero attached hydrogens (tertiary/aromatic N) is 3. The van der Waals surface area contributed by atoms with E-state index in [1.807, 2.05) is 62.5 Å². The first-order chi connectivity index (χ1) is 15.4. The first kappa shape index (κ1) is 20.9. The molecule has 0 spiro atoms. The Hall–Kier alpha value is -2.93. The molecule has 0 bridgehead atoms. The fraction of sp³-hybridized carbons (Fsp3) is 0.400. The van der Waals surface area contributed by atoms with Crippen LogP contribution in [0.15, 0.2) is 41.8 Å². The largest absolute Gasteiger partial charge is 0.351 e. The van der Waals surface area contributed by atoms with Gasteiger partial charge in [-0.15, -0.1) is 11.3 Å². The number of thiophene rings is 1. The zero-order chi connectivity index (χ0) is 22.5. The minimum absolute atomic E-state index is 0.113. The number of fused-ring (bicyclic) bond motifs is 1. The number of aryl methyl sites for hydroxylation is 1. The van der Waals surface area contributed by atoms with Gasteiger partial charge in [0.1, 0.15) is 16.9 Å². The number of hydrogen-bond donors (Lipinski definition) is 1. The highest BCUT2D eigenvalue weighted by molar-refractivity contribution is 7.13. The smallest absolute Gasteiger partial charge is 0.277 e. The molecule has 1 unspecified atom stereocenters. The van der Waals surface area contributed by atoms with Crippen LogP contribution in [0.3, 0.4) is 0 Å². The van der Waals surface area contributed by atoms with Crippen LogP contribution in [0, 0.1) is 13.8 Å². The highest BCUT2D eigenvalue weighted by atomic mass is 32.1. The third-order valence-electron chi connectivity index (χ3n) is 6.92. The molecule has 2 aliphatic rings. The summed E-state index contributed by atoms with van der Waals surface area (Å²) in [6.45, 7) is 6.22. The molecule has 0 radical (unpaired) electrons. The van der Waals surface area contributed by atoms with Crippen LogP contribution in [0.5, 0.6) is 0 Å². The second-order valence-electron chi connectivity index (χ2n) is 9.14. The van der Waals surface area contributed by atoms with Gasteiger partial charge in [0.15, 0.2) is 0 Å². The summed E-state index contributed by atoms with van der Waals surface area (Å²) in [6.07, 6.45) is 4.26. The maximum Gasteiger partial charge on any atom is 0.277 e. The van der Waals surface area contributed by atoms with Crippen molar-refractivity contribution in [2.45, 2.75) is 64.6 Å². The zero-order valence-corrected chi connectivity index (χ0v) is 19.5. The van der Waals surface area contributed by atoms with Gasteiger partial charge < -0.3 is 5.32 Å². The molecule has 1 atom stereocenters. The van der Waals surface area contributed by atoms with E-state index in [4.69, 9.17) is 5.10 Å². The third-order valence-corrected chi connectivity index (χ3v) is 7.82. The van der Waals surface area contributed by atoms with Gasteiger partial charge in [0.25, 0.3) is 5.91 Å². The molecule has 5 rings (SSSR count). The number of amides is 2. The number of rotatable bonds is 4. The number of carbonyl (C=O) groups is 2. The van der Waals surface area contributed by atoms with Gasteiger partial charge >= 0.3 is 0 Å². The maximum atomic E-state index is 13.9. The number of hydrogen-bond acceptors (Lipinski definition) is 4. The van der Waals surface area contributed by atoms with E-state index in [-0.39, 0.29) is 17.9 Å². The number of benzene rings is 1. The molecule has 2 aromatic heterocycles. The lowest BCUT2D eigenvalue weighted by Crippen LogP contribution is -2.65. The van der Waals surface area contributed by atoms with Crippen LogP contribution in [0.1, 0.15) is 54.2 Å². The van der Waals surface area contributed by atoms with E-state index in [9.17, 15) is 9.59 Å². The van der Waals surface area contributed by atoms with Crippen LogP contribution in [0.2, 0.25) is 0 Å². The Morgan fingerprint density at radius 1 is 1.19 bits per heavy atom. The quantitative estimate of drug-likeness (QED) is 0.629. The molecule has 32 heavy (non-hydrogen) atoms. The lowest BCUT2D eigenvalue weighted by Gasteiger charge is -2.44.